The van der Waals surface area contributed by atoms with Crippen LogP contribution < -0.4 is 4.74 Å². The maximum absolute atomic E-state index is 12.3. The molecule has 1 fully saturated rings. The molecule has 34 heavy (non-hydrogen) atoms. The van der Waals surface area contributed by atoms with E-state index in [4.69, 9.17) is 9.47 Å². The lowest BCUT2D eigenvalue weighted by Crippen LogP contribution is -2.41. The van der Waals surface area contributed by atoms with Gasteiger partial charge in [0.15, 0.2) is 0 Å². The Balaban J connectivity index is 1.24. The van der Waals surface area contributed by atoms with Crippen LogP contribution in [0, 0.1) is 5.92 Å². The molecule has 0 atom stereocenters. The summed E-state index contributed by atoms with van der Waals surface area (Å²) >= 11 is 0. The average molecular weight is 465 g/mol. The van der Waals surface area contributed by atoms with Crippen LogP contribution in [-0.2, 0) is 24.2 Å². The van der Waals surface area contributed by atoms with Crippen LogP contribution in [-0.4, -0.2) is 47.7 Å². The second-order valence-corrected chi connectivity index (χ2v) is 10.8. The second-order valence-electron chi connectivity index (χ2n) is 10.8. The lowest BCUT2D eigenvalue weighted by molar-refractivity contribution is 0.0177. The fourth-order valence-corrected chi connectivity index (χ4v) is 4.95. The summed E-state index contributed by atoms with van der Waals surface area (Å²) in [7, 11) is 0. The highest BCUT2D eigenvalue weighted by Crippen LogP contribution is 2.26. The number of aryl methyl sites for hydroxylation is 1. The summed E-state index contributed by atoms with van der Waals surface area (Å²) in [5.41, 5.74) is 3.79. The summed E-state index contributed by atoms with van der Waals surface area (Å²) in [6.07, 6.45) is 5.20. The van der Waals surface area contributed by atoms with Gasteiger partial charge in [0, 0.05) is 26.2 Å². The van der Waals surface area contributed by atoms with Crippen molar-refractivity contribution in [3.05, 3.63) is 65.2 Å². The molecule has 2 aromatic carbocycles. The zero-order chi connectivity index (χ0) is 24.0. The number of likely N-dealkylation sites (tertiary alicyclic amines) is 1. The zero-order valence-electron chi connectivity index (χ0n) is 21.1. The molecule has 0 radical (unpaired) electrons. The number of benzene rings is 2. The summed E-state index contributed by atoms with van der Waals surface area (Å²) < 4.78 is 11.7. The Kier molecular flexibility index (Phi) is 8.15. The first kappa shape index (κ1) is 24.6. The molecule has 0 aromatic heterocycles. The van der Waals surface area contributed by atoms with Crippen LogP contribution in [0.15, 0.2) is 48.5 Å². The molecule has 1 saturated heterocycles. The topological polar surface area (TPSA) is 42.0 Å². The van der Waals surface area contributed by atoms with Crippen molar-refractivity contribution in [3.63, 3.8) is 0 Å². The minimum absolute atomic E-state index is 0.187. The highest BCUT2D eigenvalue weighted by Gasteiger charge is 2.26. The van der Waals surface area contributed by atoms with Crippen molar-refractivity contribution < 1.29 is 14.3 Å². The molecule has 2 heterocycles. The summed E-state index contributed by atoms with van der Waals surface area (Å²) in [5.74, 6) is 1.58. The molecule has 0 spiro atoms. The maximum atomic E-state index is 12.3. The highest BCUT2D eigenvalue weighted by molar-refractivity contribution is 5.68. The lowest BCUT2D eigenvalue weighted by Gasteiger charge is -2.33. The number of rotatable bonds is 6. The molecule has 0 unspecified atom stereocenters. The van der Waals surface area contributed by atoms with E-state index < -0.39 is 5.60 Å². The number of carbonyl (C=O) groups is 1. The number of hydrogen-bond acceptors (Lipinski definition) is 4. The van der Waals surface area contributed by atoms with Crippen molar-refractivity contribution >= 4 is 6.09 Å². The first-order valence-electron chi connectivity index (χ1n) is 12.8. The van der Waals surface area contributed by atoms with Crippen LogP contribution in [0.4, 0.5) is 4.79 Å². The zero-order valence-corrected chi connectivity index (χ0v) is 21.1. The monoisotopic (exact) mass is 464 g/mol. The molecule has 2 aromatic rings. The maximum Gasteiger partial charge on any atom is 0.410 e. The quantitative estimate of drug-likeness (QED) is 0.522. The summed E-state index contributed by atoms with van der Waals surface area (Å²) in [6.45, 7) is 11.1. The number of piperidine rings is 1. The molecule has 0 bridgehead atoms. The smallest absolute Gasteiger partial charge is 0.410 e. The summed E-state index contributed by atoms with van der Waals surface area (Å²) in [6, 6.07) is 17.4. The van der Waals surface area contributed by atoms with Gasteiger partial charge in [0.05, 0.1) is 6.61 Å². The van der Waals surface area contributed by atoms with Gasteiger partial charge in [-0.2, -0.15) is 0 Å². The van der Waals surface area contributed by atoms with Gasteiger partial charge in [0.1, 0.15) is 11.4 Å². The first-order valence-corrected chi connectivity index (χ1v) is 12.8. The van der Waals surface area contributed by atoms with Gasteiger partial charge in [0.2, 0.25) is 0 Å². The standard InChI is InChI=1S/C29H40N2O3/c1-29(2,3)34-28(32)31-17-13-23(14-18-31)15-19-33-27-12-11-25-10-7-16-30(22-26(25)20-27)21-24-8-5-4-6-9-24/h4-6,8-9,11-12,20,23H,7,10,13-19,21-22H2,1-3H3. The van der Waals surface area contributed by atoms with Gasteiger partial charge >= 0.3 is 6.09 Å². The van der Waals surface area contributed by atoms with E-state index in [1.54, 1.807) is 0 Å². The summed E-state index contributed by atoms with van der Waals surface area (Å²) in [4.78, 5) is 16.7. The second kappa shape index (κ2) is 11.3. The van der Waals surface area contributed by atoms with E-state index in [2.05, 4.69) is 53.4 Å². The number of hydrogen-bond donors (Lipinski definition) is 0. The molecule has 4 rings (SSSR count). The van der Waals surface area contributed by atoms with Crippen molar-refractivity contribution in [2.45, 2.75) is 71.6 Å². The van der Waals surface area contributed by atoms with Crippen molar-refractivity contribution in [3.8, 4) is 5.75 Å². The Bertz CT molecular complexity index is 930. The van der Waals surface area contributed by atoms with Gasteiger partial charge in [-0.15, -0.1) is 0 Å². The van der Waals surface area contributed by atoms with Gasteiger partial charge in [-0.3, -0.25) is 4.90 Å². The molecule has 2 aliphatic heterocycles. The van der Waals surface area contributed by atoms with E-state index in [1.807, 2.05) is 25.7 Å². The molecule has 5 nitrogen and oxygen atoms in total. The Morgan fingerprint density at radius 3 is 2.50 bits per heavy atom. The SMILES string of the molecule is CC(C)(C)OC(=O)N1CCC(CCOc2ccc3c(c2)CN(Cc2ccccc2)CCC3)CC1. The lowest BCUT2D eigenvalue weighted by atomic mass is 9.94. The van der Waals surface area contributed by atoms with Crippen LogP contribution in [0.1, 0.15) is 63.1 Å². The number of fused-ring (bicyclic) bond motifs is 1. The van der Waals surface area contributed by atoms with Gasteiger partial charge < -0.3 is 14.4 Å². The highest BCUT2D eigenvalue weighted by atomic mass is 16.6. The molecule has 184 valence electrons. The largest absolute Gasteiger partial charge is 0.494 e. The first-order chi connectivity index (χ1) is 16.4. The molecular formula is C29H40N2O3. The van der Waals surface area contributed by atoms with E-state index in [0.717, 1.165) is 70.8 Å². The van der Waals surface area contributed by atoms with Crippen LogP contribution in [0.2, 0.25) is 0 Å². The molecule has 0 N–H and O–H groups in total. The van der Waals surface area contributed by atoms with Gasteiger partial charge in [-0.05, 0) is 94.2 Å². The van der Waals surface area contributed by atoms with Crippen LogP contribution in [0.25, 0.3) is 0 Å². The number of carbonyl (C=O) groups excluding carboxylic acids is 1. The summed E-state index contributed by atoms with van der Waals surface area (Å²) in [5, 5.41) is 0. The van der Waals surface area contributed by atoms with E-state index in [1.165, 1.54) is 23.1 Å². The van der Waals surface area contributed by atoms with E-state index in [9.17, 15) is 4.79 Å². The molecule has 1 amide bonds. The molecule has 2 aliphatic rings. The minimum Gasteiger partial charge on any atom is -0.494 e. The van der Waals surface area contributed by atoms with Crippen molar-refractivity contribution in [1.82, 2.24) is 9.80 Å². The van der Waals surface area contributed by atoms with Crippen molar-refractivity contribution in [2.24, 2.45) is 5.92 Å². The third kappa shape index (κ3) is 7.23. The van der Waals surface area contributed by atoms with Crippen LogP contribution >= 0.6 is 0 Å². The Morgan fingerprint density at radius 2 is 1.76 bits per heavy atom. The fourth-order valence-electron chi connectivity index (χ4n) is 4.95. The van der Waals surface area contributed by atoms with Crippen molar-refractivity contribution in [2.75, 3.05) is 26.2 Å². The molecular weight excluding hydrogens is 424 g/mol. The minimum atomic E-state index is -0.436. The van der Waals surface area contributed by atoms with Gasteiger partial charge in [0.25, 0.3) is 0 Å². The Morgan fingerprint density at radius 1 is 1.00 bits per heavy atom. The molecule has 0 aliphatic carbocycles. The van der Waals surface area contributed by atoms with Gasteiger partial charge in [-0.25, -0.2) is 4.79 Å². The Labute approximate surface area is 205 Å². The molecule has 0 saturated carbocycles. The predicted molar refractivity (Wildman–Crippen MR) is 136 cm³/mol. The number of ether oxygens (including phenoxy) is 2. The Hall–Kier alpha value is -2.53. The van der Waals surface area contributed by atoms with Crippen LogP contribution in [0.5, 0.6) is 5.75 Å². The van der Waals surface area contributed by atoms with E-state index >= 15 is 0 Å². The van der Waals surface area contributed by atoms with Crippen LogP contribution in [0.3, 0.4) is 0 Å². The van der Waals surface area contributed by atoms with E-state index in [0.29, 0.717) is 5.92 Å². The van der Waals surface area contributed by atoms with Crippen molar-refractivity contribution in [1.29, 1.82) is 0 Å². The third-order valence-corrected chi connectivity index (χ3v) is 6.80. The predicted octanol–water partition coefficient (Wildman–Crippen LogP) is 6.05. The average Bonchev–Trinajstić information content (AvgIpc) is 3.00. The number of nitrogens with zero attached hydrogens (tertiary/aromatic N) is 2. The fraction of sp³-hybridized carbons (Fsp3) is 0.552. The molecule has 5 heteroatoms. The normalized spacial score (nSPS) is 17.7. The van der Waals surface area contributed by atoms with Gasteiger partial charge in [-0.1, -0.05) is 36.4 Å². The number of amides is 1. The van der Waals surface area contributed by atoms with E-state index in [-0.39, 0.29) is 6.09 Å². The third-order valence-electron chi connectivity index (χ3n) is 6.80.